The Balaban J connectivity index is 2.81. The molecule has 0 radical (unpaired) electrons. The number of halogens is 1. The van der Waals surface area contributed by atoms with Gasteiger partial charge in [0.1, 0.15) is 0 Å². The fraction of sp³-hybridized carbons (Fsp3) is 0.571. The Morgan fingerprint density at radius 1 is 1.35 bits per heavy atom. The van der Waals surface area contributed by atoms with Crippen molar-refractivity contribution >= 4 is 15.9 Å². The van der Waals surface area contributed by atoms with Crippen LogP contribution in [0.3, 0.4) is 0 Å². The van der Waals surface area contributed by atoms with Crippen molar-refractivity contribution < 1.29 is 0 Å². The summed E-state index contributed by atoms with van der Waals surface area (Å²) in [6, 6.07) is 8.62. The minimum absolute atomic E-state index is 0.291. The molecule has 0 aliphatic carbocycles. The molecule has 96 valence electrons. The molecule has 2 nitrogen and oxygen atoms in total. The molecule has 17 heavy (non-hydrogen) atoms. The van der Waals surface area contributed by atoms with Crippen LogP contribution >= 0.6 is 15.9 Å². The van der Waals surface area contributed by atoms with Gasteiger partial charge in [-0.05, 0) is 24.6 Å². The van der Waals surface area contributed by atoms with Crippen molar-refractivity contribution in [2.75, 3.05) is 20.1 Å². The molecule has 2 N–H and O–H groups in total. The predicted octanol–water partition coefficient (Wildman–Crippen LogP) is 3.43. The first-order valence-corrected chi connectivity index (χ1v) is 7.04. The number of benzene rings is 1. The first kappa shape index (κ1) is 14.7. The van der Waals surface area contributed by atoms with Crippen LogP contribution in [0, 0.1) is 5.92 Å². The molecule has 0 heterocycles. The molecule has 0 bridgehead atoms. The standard InChI is InChI=1S/C14H23BrN2/c1-4-11(2)10-17(3)14(9-16)12-7-5-6-8-13(12)15/h5-8,11,14H,4,9-10,16H2,1-3H3. The quantitative estimate of drug-likeness (QED) is 0.872. The van der Waals surface area contributed by atoms with Crippen LogP contribution in [0.15, 0.2) is 28.7 Å². The van der Waals surface area contributed by atoms with Gasteiger partial charge in [0.15, 0.2) is 0 Å². The number of hydrogen-bond acceptors (Lipinski definition) is 2. The van der Waals surface area contributed by atoms with Crippen molar-refractivity contribution in [3.63, 3.8) is 0 Å². The van der Waals surface area contributed by atoms with Crippen LogP contribution in [0.25, 0.3) is 0 Å². The molecule has 0 fully saturated rings. The lowest BCUT2D eigenvalue weighted by molar-refractivity contribution is 0.214. The van der Waals surface area contributed by atoms with Gasteiger partial charge < -0.3 is 5.73 Å². The van der Waals surface area contributed by atoms with Gasteiger partial charge in [-0.2, -0.15) is 0 Å². The summed E-state index contributed by atoms with van der Waals surface area (Å²) < 4.78 is 1.14. The summed E-state index contributed by atoms with van der Waals surface area (Å²) in [6.07, 6.45) is 1.21. The molecule has 0 saturated carbocycles. The zero-order valence-corrected chi connectivity index (χ0v) is 12.6. The van der Waals surface area contributed by atoms with E-state index in [1.807, 2.05) is 6.07 Å². The summed E-state index contributed by atoms with van der Waals surface area (Å²) in [5.41, 5.74) is 7.21. The lowest BCUT2D eigenvalue weighted by Crippen LogP contribution is -2.33. The van der Waals surface area contributed by atoms with E-state index < -0.39 is 0 Å². The van der Waals surface area contributed by atoms with Gasteiger partial charge in [0, 0.05) is 23.6 Å². The van der Waals surface area contributed by atoms with Crippen LogP contribution < -0.4 is 5.73 Å². The maximum absolute atomic E-state index is 5.93. The van der Waals surface area contributed by atoms with Gasteiger partial charge in [0.05, 0.1) is 0 Å². The minimum atomic E-state index is 0.291. The molecule has 2 atom stereocenters. The van der Waals surface area contributed by atoms with E-state index in [-0.39, 0.29) is 0 Å². The molecule has 3 heteroatoms. The van der Waals surface area contributed by atoms with Crippen LogP contribution in [-0.4, -0.2) is 25.0 Å². The minimum Gasteiger partial charge on any atom is -0.329 e. The maximum atomic E-state index is 5.93. The Bertz CT molecular complexity index is 341. The molecular formula is C14H23BrN2. The van der Waals surface area contributed by atoms with Crippen molar-refractivity contribution in [1.29, 1.82) is 0 Å². The Kier molecular flexibility index (Phi) is 6.17. The second-order valence-electron chi connectivity index (χ2n) is 4.73. The molecule has 1 aromatic rings. The van der Waals surface area contributed by atoms with Gasteiger partial charge in [-0.3, -0.25) is 4.90 Å². The highest BCUT2D eigenvalue weighted by molar-refractivity contribution is 9.10. The highest BCUT2D eigenvalue weighted by Gasteiger charge is 2.18. The van der Waals surface area contributed by atoms with E-state index in [1.54, 1.807) is 0 Å². The zero-order chi connectivity index (χ0) is 12.8. The number of nitrogens with zero attached hydrogens (tertiary/aromatic N) is 1. The van der Waals surface area contributed by atoms with Crippen LogP contribution in [0.4, 0.5) is 0 Å². The Morgan fingerprint density at radius 3 is 2.53 bits per heavy atom. The van der Waals surface area contributed by atoms with E-state index in [1.165, 1.54) is 12.0 Å². The van der Waals surface area contributed by atoms with Gasteiger partial charge in [-0.1, -0.05) is 54.4 Å². The molecule has 0 spiro atoms. The van der Waals surface area contributed by atoms with E-state index in [0.29, 0.717) is 18.5 Å². The summed E-state index contributed by atoms with van der Waals surface area (Å²) in [5.74, 6) is 0.705. The van der Waals surface area contributed by atoms with Crippen molar-refractivity contribution in [1.82, 2.24) is 4.90 Å². The third-order valence-corrected chi connectivity index (χ3v) is 4.04. The lowest BCUT2D eigenvalue weighted by Gasteiger charge is -2.30. The van der Waals surface area contributed by atoms with Crippen LogP contribution in [-0.2, 0) is 0 Å². The van der Waals surface area contributed by atoms with Crippen LogP contribution in [0.1, 0.15) is 31.9 Å². The molecule has 0 saturated heterocycles. The fourth-order valence-electron chi connectivity index (χ4n) is 2.04. The third-order valence-electron chi connectivity index (χ3n) is 3.32. The third kappa shape index (κ3) is 4.09. The second-order valence-corrected chi connectivity index (χ2v) is 5.58. The highest BCUT2D eigenvalue weighted by Crippen LogP contribution is 2.26. The Labute approximate surface area is 113 Å². The summed E-state index contributed by atoms with van der Waals surface area (Å²) in [5, 5.41) is 0. The summed E-state index contributed by atoms with van der Waals surface area (Å²) in [4.78, 5) is 2.36. The number of hydrogen-bond donors (Lipinski definition) is 1. The maximum Gasteiger partial charge on any atom is 0.0478 e. The van der Waals surface area contributed by atoms with Gasteiger partial charge in [0.25, 0.3) is 0 Å². The van der Waals surface area contributed by atoms with Gasteiger partial charge in [-0.15, -0.1) is 0 Å². The smallest absolute Gasteiger partial charge is 0.0478 e. The molecule has 0 aliphatic heterocycles. The van der Waals surface area contributed by atoms with Gasteiger partial charge in [-0.25, -0.2) is 0 Å². The van der Waals surface area contributed by atoms with E-state index in [2.05, 4.69) is 59.9 Å². The van der Waals surface area contributed by atoms with Crippen molar-refractivity contribution in [3.05, 3.63) is 34.3 Å². The highest BCUT2D eigenvalue weighted by atomic mass is 79.9. The number of nitrogens with two attached hydrogens (primary N) is 1. The van der Waals surface area contributed by atoms with E-state index in [0.717, 1.165) is 11.0 Å². The van der Waals surface area contributed by atoms with Crippen molar-refractivity contribution in [2.45, 2.75) is 26.3 Å². The number of rotatable bonds is 6. The molecule has 0 amide bonds. The lowest BCUT2D eigenvalue weighted by atomic mass is 10.0. The van der Waals surface area contributed by atoms with Crippen molar-refractivity contribution in [3.8, 4) is 0 Å². The molecule has 1 rings (SSSR count). The number of likely N-dealkylation sites (N-methyl/N-ethyl adjacent to an activating group) is 1. The van der Waals surface area contributed by atoms with Crippen LogP contribution in [0.5, 0.6) is 0 Å². The molecule has 1 aromatic carbocycles. The summed E-state index contributed by atoms with van der Waals surface area (Å²) >= 11 is 3.61. The molecule has 2 unspecified atom stereocenters. The normalized spacial score (nSPS) is 14.9. The summed E-state index contributed by atoms with van der Waals surface area (Å²) in [6.45, 7) is 6.24. The predicted molar refractivity (Wildman–Crippen MR) is 78.0 cm³/mol. The first-order chi connectivity index (χ1) is 8.10. The Hall–Kier alpha value is -0.380. The molecule has 0 aromatic heterocycles. The average Bonchev–Trinajstić information content (AvgIpc) is 2.32. The van der Waals surface area contributed by atoms with E-state index in [9.17, 15) is 0 Å². The SMILES string of the molecule is CCC(C)CN(C)C(CN)c1ccccc1Br. The van der Waals surface area contributed by atoms with Gasteiger partial charge in [0.2, 0.25) is 0 Å². The molecular weight excluding hydrogens is 276 g/mol. The van der Waals surface area contributed by atoms with Gasteiger partial charge >= 0.3 is 0 Å². The first-order valence-electron chi connectivity index (χ1n) is 6.24. The molecule has 0 aliphatic rings. The van der Waals surface area contributed by atoms with Crippen LogP contribution in [0.2, 0.25) is 0 Å². The van der Waals surface area contributed by atoms with Crippen molar-refractivity contribution in [2.24, 2.45) is 11.7 Å². The monoisotopic (exact) mass is 298 g/mol. The topological polar surface area (TPSA) is 29.3 Å². The fourth-order valence-corrected chi connectivity index (χ4v) is 2.59. The summed E-state index contributed by atoms with van der Waals surface area (Å²) in [7, 11) is 2.16. The second kappa shape index (κ2) is 7.14. The van der Waals surface area contributed by atoms with E-state index in [4.69, 9.17) is 5.73 Å². The Morgan fingerprint density at radius 2 is 2.00 bits per heavy atom. The van der Waals surface area contributed by atoms with E-state index >= 15 is 0 Å². The average molecular weight is 299 g/mol. The largest absolute Gasteiger partial charge is 0.329 e. The zero-order valence-electron chi connectivity index (χ0n) is 11.0.